The number of aryl methyl sites for hydroxylation is 1. The fourth-order valence-electron chi connectivity index (χ4n) is 3.97. The second-order valence-electron chi connectivity index (χ2n) is 7.76. The predicted molar refractivity (Wildman–Crippen MR) is 121 cm³/mol. The second-order valence-corrected chi connectivity index (χ2v) is 7.76. The lowest BCUT2D eigenvalue weighted by Gasteiger charge is -2.29. The Morgan fingerprint density at radius 3 is 2.41 bits per heavy atom. The number of ether oxygens (including phenoxy) is 1. The molecule has 0 amide bonds. The normalized spacial score (nSPS) is 14.3. The molecule has 5 aromatic rings. The fraction of sp³-hybridized carbons (Fsp3) is 0.217. The van der Waals surface area contributed by atoms with Crippen molar-refractivity contribution in [2.75, 3.05) is 31.2 Å². The van der Waals surface area contributed by atoms with Gasteiger partial charge in [-0.3, -0.25) is 4.68 Å². The van der Waals surface area contributed by atoms with E-state index >= 15 is 0 Å². The lowest BCUT2D eigenvalue weighted by atomic mass is 10.2. The topological polar surface area (TPSA) is 78.3 Å². The summed E-state index contributed by atoms with van der Waals surface area (Å²) in [6.45, 7) is 2.97. The molecule has 0 N–H and O–H groups in total. The van der Waals surface area contributed by atoms with Gasteiger partial charge in [0.1, 0.15) is 17.2 Å². The van der Waals surface area contributed by atoms with E-state index in [1.165, 1.54) is 0 Å². The monoisotopic (exact) mass is 426 g/mol. The molecule has 0 unspecified atom stereocenters. The highest BCUT2D eigenvalue weighted by Gasteiger charge is 2.20. The molecule has 32 heavy (non-hydrogen) atoms. The first-order valence-electron chi connectivity index (χ1n) is 10.6. The minimum atomic E-state index is 0.688. The average Bonchev–Trinajstić information content (AvgIpc) is 3.59. The van der Waals surface area contributed by atoms with Crippen molar-refractivity contribution in [1.82, 2.24) is 34.2 Å². The summed E-state index contributed by atoms with van der Waals surface area (Å²) in [7, 11) is 1.90. The largest absolute Gasteiger partial charge is 0.378 e. The minimum absolute atomic E-state index is 0.688. The number of hydrogen-bond donors (Lipinski definition) is 0. The van der Waals surface area contributed by atoms with Crippen LogP contribution in [0.25, 0.3) is 34.1 Å². The van der Waals surface area contributed by atoms with E-state index in [0.717, 1.165) is 53.0 Å². The first-order chi connectivity index (χ1) is 15.7. The third kappa shape index (κ3) is 3.32. The summed E-state index contributed by atoms with van der Waals surface area (Å²) in [5, 5.41) is 14.1. The third-order valence-corrected chi connectivity index (χ3v) is 5.60. The zero-order valence-corrected chi connectivity index (χ0v) is 17.7. The Balaban J connectivity index is 1.47. The van der Waals surface area contributed by atoms with Crippen LogP contribution >= 0.6 is 0 Å². The van der Waals surface area contributed by atoms with E-state index in [-0.39, 0.29) is 0 Å². The predicted octanol–water partition coefficient (Wildman–Crippen LogP) is 2.82. The van der Waals surface area contributed by atoms with Crippen molar-refractivity contribution in [3.63, 3.8) is 0 Å². The summed E-state index contributed by atoms with van der Waals surface area (Å²) < 4.78 is 11.0. The molecule has 4 aromatic heterocycles. The molecule has 0 aliphatic carbocycles. The van der Waals surface area contributed by atoms with Crippen LogP contribution in [0.5, 0.6) is 0 Å². The lowest BCUT2D eigenvalue weighted by Crippen LogP contribution is -2.37. The number of rotatable bonds is 4. The molecule has 1 aromatic carbocycles. The van der Waals surface area contributed by atoms with Gasteiger partial charge in [0.25, 0.3) is 0 Å². The lowest BCUT2D eigenvalue weighted by molar-refractivity contribution is 0.122. The Bertz CT molecular complexity index is 1380. The first-order valence-corrected chi connectivity index (χ1v) is 10.6. The molecule has 1 aliphatic rings. The molecule has 0 bridgehead atoms. The van der Waals surface area contributed by atoms with Crippen LogP contribution in [-0.4, -0.2) is 60.5 Å². The van der Waals surface area contributed by atoms with Crippen LogP contribution in [0, 0.1) is 0 Å². The van der Waals surface area contributed by atoms with Crippen molar-refractivity contribution >= 4 is 11.5 Å². The molecule has 0 atom stereocenters. The van der Waals surface area contributed by atoms with Crippen LogP contribution in [0.3, 0.4) is 0 Å². The summed E-state index contributed by atoms with van der Waals surface area (Å²) >= 11 is 0. The minimum Gasteiger partial charge on any atom is -0.378 e. The molecular formula is C23H22N8O. The van der Waals surface area contributed by atoms with Crippen LogP contribution in [0.2, 0.25) is 0 Å². The standard InChI is InChI=1S/C23H22N8O/c1-28-9-7-19(25-28)20-15-22-24-21(16-23(31(22)27-20)29-11-13-32-14-12-29)30-10-8-18(26-30)17-5-3-2-4-6-17/h2-10,15-16H,11-14H2,1H3. The van der Waals surface area contributed by atoms with Gasteiger partial charge < -0.3 is 9.64 Å². The summed E-state index contributed by atoms with van der Waals surface area (Å²) in [5.41, 5.74) is 4.33. The highest BCUT2D eigenvalue weighted by molar-refractivity contribution is 5.65. The van der Waals surface area contributed by atoms with Gasteiger partial charge in [-0.05, 0) is 12.1 Å². The molecule has 0 saturated carbocycles. The van der Waals surface area contributed by atoms with Gasteiger partial charge >= 0.3 is 0 Å². The Labute approximate surface area is 184 Å². The SMILES string of the molecule is Cn1ccc(-c2cc3nc(-n4ccc(-c5ccccc5)n4)cc(N4CCOCC4)n3n2)n1. The van der Waals surface area contributed by atoms with E-state index in [1.54, 1.807) is 4.68 Å². The van der Waals surface area contributed by atoms with Gasteiger partial charge in [0.2, 0.25) is 0 Å². The molecule has 1 fully saturated rings. The molecule has 0 spiro atoms. The molecule has 160 valence electrons. The number of benzene rings is 1. The maximum Gasteiger partial charge on any atom is 0.160 e. The van der Waals surface area contributed by atoms with E-state index < -0.39 is 0 Å². The molecule has 5 heterocycles. The maximum absolute atomic E-state index is 5.56. The van der Waals surface area contributed by atoms with Crippen molar-refractivity contribution in [2.24, 2.45) is 7.05 Å². The van der Waals surface area contributed by atoms with Crippen LogP contribution in [0.15, 0.2) is 67.0 Å². The van der Waals surface area contributed by atoms with E-state index in [2.05, 4.69) is 22.1 Å². The molecule has 6 rings (SSSR count). The number of nitrogens with zero attached hydrogens (tertiary/aromatic N) is 8. The smallest absolute Gasteiger partial charge is 0.160 e. The third-order valence-electron chi connectivity index (χ3n) is 5.60. The van der Waals surface area contributed by atoms with Crippen molar-refractivity contribution in [3.8, 4) is 28.5 Å². The summed E-state index contributed by atoms with van der Waals surface area (Å²) in [6.07, 6.45) is 3.86. The fourth-order valence-corrected chi connectivity index (χ4v) is 3.97. The van der Waals surface area contributed by atoms with E-state index in [0.29, 0.717) is 13.2 Å². The number of hydrogen-bond acceptors (Lipinski definition) is 6. The zero-order valence-electron chi connectivity index (χ0n) is 17.7. The van der Waals surface area contributed by atoms with Gasteiger partial charge in [0, 0.05) is 50.2 Å². The average molecular weight is 426 g/mol. The Hall–Kier alpha value is -3.98. The summed E-state index contributed by atoms with van der Waals surface area (Å²) in [5.74, 6) is 1.71. The van der Waals surface area contributed by atoms with E-state index in [4.69, 9.17) is 19.9 Å². The molecule has 0 radical (unpaired) electrons. The van der Waals surface area contributed by atoms with Crippen LogP contribution < -0.4 is 4.90 Å². The van der Waals surface area contributed by atoms with Crippen LogP contribution in [0.1, 0.15) is 0 Å². The van der Waals surface area contributed by atoms with Gasteiger partial charge in [0.05, 0.1) is 18.9 Å². The molecule has 9 nitrogen and oxygen atoms in total. The Morgan fingerprint density at radius 2 is 1.62 bits per heavy atom. The van der Waals surface area contributed by atoms with E-state index in [9.17, 15) is 0 Å². The van der Waals surface area contributed by atoms with Gasteiger partial charge in [-0.2, -0.15) is 19.8 Å². The quantitative estimate of drug-likeness (QED) is 0.440. The number of aromatic nitrogens is 7. The van der Waals surface area contributed by atoms with Gasteiger partial charge in [-0.15, -0.1) is 0 Å². The molecule has 1 saturated heterocycles. The van der Waals surface area contributed by atoms with Gasteiger partial charge in [0.15, 0.2) is 11.5 Å². The molecule has 9 heteroatoms. The first kappa shape index (κ1) is 18.8. The van der Waals surface area contributed by atoms with Crippen LogP contribution in [0.4, 0.5) is 5.82 Å². The Kier molecular flexibility index (Phi) is 4.46. The van der Waals surface area contributed by atoms with Crippen LogP contribution in [-0.2, 0) is 11.8 Å². The van der Waals surface area contributed by atoms with Crippen molar-refractivity contribution in [3.05, 3.63) is 67.0 Å². The summed E-state index contributed by atoms with van der Waals surface area (Å²) in [6, 6.07) is 18.1. The number of morpholine rings is 1. The zero-order chi connectivity index (χ0) is 21.5. The number of fused-ring (bicyclic) bond motifs is 1. The second kappa shape index (κ2) is 7.61. The Morgan fingerprint density at radius 1 is 0.812 bits per heavy atom. The maximum atomic E-state index is 5.56. The van der Waals surface area contributed by atoms with Gasteiger partial charge in [-0.25, -0.2) is 9.67 Å². The van der Waals surface area contributed by atoms with Gasteiger partial charge in [-0.1, -0.05) is 30.3 Å². The van der Waals surface area contributed by atoms with Crippen molar-refractivity contribution < 1.29 is 4.74 Å². The van der Waals surface area contributed by atoms with E-state index in [1.807, 2.05) is 71.1 Å². The highest BCUT2D eigenvalue weighted by atomic mass is 16.5. The number of anilines is 1. The summed E-state index contributed by atoms with van der Waals surface area (Å²) in [4.78, 5) is 7.15. The molecule has 1 aliphatic heterocycles. The van der Waals surface area contributed by atoms with Crippen molar-refractivity contribution in [1.29, 1.82) is 0 Å². The molecular weight excluding hydrogens is 404 g/mol. The van der Waals surface area contributed by atoms with Crippen molar-refractivity contribution in [2.45, 2.75) is 0 Å². The highest BCUT2D eigenvalue weighted by Crippen LogP contribution is 2.25.